The van der Waals surface area contributed by atoms with Crippen LogP contribution in [-0.4, -0.2) is 40.6 Å². The Hall–Kier alpha value is -1.80. The molecule has 8 heteroatoms. The number of fused-ring (bicyclic) bond motifs is 1. The second-order valence-corrected chi connectivity index (χ2v) is 5.51. The first-order chi connectivity index (χ1) is 9.16. The average molecular weight is 279 g/mol. The van der Waals surface area contributed by atoms with Crippen LogP contribution in [-0.2, 0) is 0 Å². The molecule has 3 heterocycles. The first-order valence-electron chi connectivity index (χ1n) is 6.03. The molecule has 100 valence electrons. The maximum absolute atomic E-state index is 10.9. The molecule has 0 aromatic carbocycles. The van der Waals surface area contributed by atoms with Gasteiger partial charge in [0.2, 0.25) is 0 Å². The monoisotopic (exact) mass is 279 g/mol. The van der Waals surface area contributed by atoms with Crippen LogP contribution in [0.15, 0.2) is 12.4 Å². The molecule has 2 aromatic rings. The Labute approximate surface area is 113 Å². The molecule has 0 spiro atoms. The third-order valence-corrected chi connectivity index (χ3v) is 4.24. The highest BCUT2D eigenvalue weighted by Gasteiger charge is 2.24. The second kappa shape index (κ2) is 4.71. The Kier molecular flexibility index (Phi) is 3.03. The summed E-state index contributed by atoms with van der Waals surface area (Å²) >= 11 is 1.09. The normalized spacial score (nSPS) is 19.8. The summed E-state index contributed by atoms with van der Waals surface area (Å²) < 4.78 is 0. The van der Waals surface area contributed by atoms with Crippen molar-refractivity contribution >= 4 is 32.4 Å². The lowest BCUT2D eigenvalue weighted by Crippen LogP contribution is -2.50. The molecule has 1 aliphatic rings. The van der Waals surface area contributed by atoms with Gasteiger partial charge in [0.15, 0.2) is 0 Å². The minimum Gasteiger partial charge on any atom is -0.351 e. The molecule has 1 saturated heterocycles. The van der Waals surface area contributed by atoms with Crippen LogP contribution < -0.4 is 10.2 Å². The van der Waals surface area contributed by atoms with Gasteiger partial charge in [-0.2, -0.15) is 0 Å². The van der Waals surface area contributed by atoms with E-state index in [1.54, 1.807) is 6.07 Å². The third-order valence-electron chi connectivity index (χ3n) is 3.25. The minimum absolute atomic E-state index is 0.111. The SMILES string of the molecule is CC1CNCCN1c1ncnc2sc([N+](=O)[O-])cc12. The summed E-state index contributed by atoms with van der Waals surface area (Å²) in [5.74, 6) is 0.795. The van der Waals surface area contributed by atoms with Gasteiger partial charge in [0.1, 0.15) is 17.0 Å². The van der Waals surface area contributed by atoms with Crippen molar-refractivity contribution in [2.24, 2.45) is 0 Å². The van der Waals surface area contributed by atoms with Gasteiger partial charge in [-0.1, -0.05) is 0 Å². The summed E-state index contributed by atoms with van der Waals surface area (Å²) in [7, 11) is 0. The standard InChI is InChI=1S/C11H13N5O2S/c1-7-5-12-2-3-15(7)10-8-4-9(16(17)18)19-11(8)14-6-13-10/h4,6-7,12H,2-3,5H2,1H3. The van der Waals surface area contributed by atoms with E-state index in [1.165, 1.54) is 6.33 Å². The Morgan fingerprint density at radius 2 is 2.42 bits per heavy atom. The van der Waals surface area contributed by atoms with Gasteiger partial charge >= 0.3 is 5.00 Å². The van der Waals surface area contributed by atoms with E-state index in [1.807, 2.05) is 0 Å². The van der Waals surface area contributed by atoms with Crippen molar-refractivity contribution in [1.29, 1.82) is 0 Å². The van der Waals surface area contributed by atoms with Gasteiger partial charge in [-0.15, -0.1) is 0 Å². The van der Waals surface area contributed by atoms with Crippen molar-refractivity contribution in [3.63, 3.8) is 0 Å². The van der Waals surface area contributed by atoms with Gasteiger partial charge in [-0.3, -0.25) is 10.1 Å². The van der Waals surface area contributed by atoms with Gasteiger partial charge in [0, 0.05) is 31.7 Å². The second-order valence-electron chi connectivity index (χ2n) is 4.50. The molecule has 7 nitrogen and oxygen atoms in total. The molecule has 0 radical (unpaired) electrons. The highest BCUT2D eigenvalue weighted by molar-refractivity contribution is 7.21. The number of hydrogen-bond donors (Lipinski definition) is 1. The summed E-state index contributed by atoms with van der Waals surface area (Å²) in [6.07, 6.45) is 1.48. The molecule has 0 saturated carbocycles. The zero-order valence-electron chi connectivity index (χ0n) is 10.4. The zero-order valence-corrected chi connectivity index (χ0v) is 11.2. The van der Waals surface area contributed by atoms with Crippen LogP contribution in [0.3, 0.4) is 0 Å². The van der Waals surface area contributed by atoms with Crippen molar-refractivity contribution < 1.29 is 4.92 Å². The molecule has 1 unspecified atom stereocenters. The fourth-order valence-electron chi connectivity index (χ4n) is 2.30. The quantitative estimate of drug-likeness (QED) is 0.660. The van der Waals surface area contributed by atoms with E-state index < -0.39 is 0 Å². The molecule has 1 aliphatic heterocycles. The molecule has 0 bridgehead atoms. The molecule has 0 aliphatic carbocycles. The summed E-state index contributed by atoms with van der Waals surface area (Å²) in [5.41, 5.74) is 0. The van der Waals surface area contributed by atoms with Crippen molar-refractivity contribution in [2.75, 3.05) is 24.5 Å². The topological polar surface area (TPSA) is 84.2 Å². The van der Waals surface area contributed by atoms with Crippen LogP contribution in [0.1, 0.15) is 6.92 Å². The fraction of sp³-hybridized carbons (Fsp3) is 0.455. The first-order valence-corrected chi connectivity index (χ1v) is 6.85. The Morgan fingerprint density at radius 3 is 3.16 bits per heavy atom. The molecule has 2 aromatic heterocycles. The van der Waals surface area contributed by atoms with E-state index in [0.29, 0.717) is 10.9 Å². The number of rotatable bonds is 2. The highest BCUT2D eigenvalue weighted by atomic mass is 32.1. The van der Waals surface area contributed by atoms with Gasteiger partial charge in [-0.05, 0) is 18.3 Å². The number of nitro groups is 1. The largest absolute Gasteiger partial charge is 0.351 e. The summed E-state index contributed by atoms with van der Waals surface area (Å²) in [4.78, 5) is 21.8. The number of hydrogen-bond acceptors (Lipinski definition) is 7. The Morgan fingerprint density at radius 1 is 1.58 bits per heavy atom. The van der Waals surface area contributed by atoms with Crippen LogP contribution in [0.2, 0.25) is 0 Å². The number of nitrogens with one attached hydrogen (secondary N) is 1. The van der Waals surface area contributed by atoms with Gasteiger partial charge < -0.3 is 10.2 Å². The van der Waals surface area contributed by atoms with Crippen LogP contribution in [0.5, 0.6) is 0 Å². The summed E-state index contributed by atoms with van der Waals surface area (Å²) in [6, 6.07) is 1.88. The van der Waals surface area contributed by atoms with Crippen molar-refractivity contribution in [3.05, 3.63) is 22.5 Å². The van der Waals surface area contributed by atoms with Crippen molar-refractivity contribution in [1.82, 2.24) is 15.3 Å². The van der Waals surface area contributed by atoms with E-state index in [9.17, 15) is 10.1 Å². The number of aromatic nitrogens is 2. The Bertz CT molecular complexity index is 629. The van der Waals surface area contributed by atoms with Crippen molar-refractivity contribution in [2.45, 2.75) is 13.0 Å². The fourth-order valence-corrected chi connectivity index (χ4v) is 3.11. The third kappa shape index (κ3) is 2.13. The molecule has 1 atom stereocenters. The molecular weight excluding hydrogens is 266 g/mol. The first kappa shape index (κ1) is 12.2. The van der Waals surface area contributed by atoms with E-state index in [-0.39, 0.29) is 9.92 Å². The van der Waals surface area contributed by atoms with E-state index in [2.05, 4.69) is 27.1 Å². The highest BCUT2D eigenvalue weighted by Crippen LogP contribution is 2.35. The van der Waals surface area contributed by atoms with E-state index in [0.717, 1.165) is 42.2 Å². The Balaban J connectivity index is 2.09. The van der Waals surface area contributed by atoms with Gasteiger partial charge in [-0.25, -0.2) is 9.97 Å². The predicted octanol–water partition coefficient (Wildman–Crippen LogP) is 1.40. The van der Waals surface area contributed by atoms with Crippen LogP contribution in [0.4, 0.5) is 10.8 Å². The van der Waals surface area contributed by atoms with Gasteiger partial charge in [0.25, 0.3) is 0 Å². The zero-order chi connectivity index (χ0) is 13.4. The van der Waals surface area contributed by atoms with Crippen LogP contribution >= 0.6 is 11.3 Å². The van der Waals surface area contributed by atoms with E-state index in [4.69, 9.17) is 0 Å². The lowest BCUT2D eigenvalue weighted by atomic mass is 10.2. The lowest BCUT2D eigenvalue weighted by molar-refractivity contribution is -0.380. The molecular formula is C11H13N5O2S. The minimum atomic E-state index is -0.378. The molecule has 0 amide bonds. The molecule has 3 rings (SSSR count). The van der Waals surface area contributed by atoms with Crippen LogP contribution in [0, 0.1) is 10.1 Å². The number of nitrogens with zero attached hydrogens (tertiary/aromatic N) is 4. The van der Waals surface area contributed by atoms with E-state index >= 15 is 0 Å². The lowest BCUT2D eigenvalue weighted by Gasteiger charge is -2.35. The maximum atomic E-state index is 10.9. The van der Waals surface area contributed by atoms with Crippen LogP contribution in [0.25, 0.3) is 10.2 Å². The summed E-state index contributed by atoms with van der Waals surface area (Å²) in [6.45, 7) is 4.73. The molecule has 19 heavy (non-hydrogen) atoms. The number of piperazine rings is 1. The smallest absolute Gasteiger partial charge is 0.326 e. The predicted molar refractivity (Wildman–Crippen MR) is 73.7 cm³/mol. The number of anilines is 1. The maximum Gasteiger partial charge on any atom is 0.326 e. The van der Waals surface area contributed by atoms with Gasteiger partial charge in [0.05, 0.1) is 10.3 Å². The molecule has 1 fully saturated rings. The summed E-state index contributed by atoms with van der Waals surface area (Å²) in [5, 5.41) is 15.1. The average Bonchev–Trinajstić information content (AvgIpc) is 2.83. The number of thiophene rings is 1. The van der Waals surface area contributed by atoms with Crippen molar-refractivity contribution in [3.8, 4) is 0 Å². The molecule has 1 N–H and O–H groups in total.